The SMILES string of the molecule is C[C@@H](C(=O)Nc1ccc(OC(F)(F)F)cc1)N1CCN(Cc2cccs2)CC1. The first-order chi connectivity index (χ1) is 13.3. The Kier molecular flexibility index (Phi) is 6.58. The average molecular weight is 413 g/mol. The summed E-state index contributed by atoms with van der Waals surface area (Å²) in [6.07, 6.45) is -4.73. The maximum absolute atomic E-state index is 12.5. The molecular formula is C19H22F3N3O2S. The van der Waals surface area contributed by atoms with Gasteiger partial charge in [-0.05, 0) is 42.6 Å². The van der Waals surface area contributed by atoms with Gasteiger partial charge in [0.15, 0.2) is 0 Å². The molecule has 1 aliphatic heterocycles. The van der Waals surface area contributed by atoms with E-state index in [0.29, 0.717) is 5.69 Å². The fourth-order valence-electron chi connectivity index (χ4n) is 3.08. The minimum absolute atomic E-state index is 0.184. The normalized spacial score (nSPS) is 17.3. The van der Waals surface area contributed by atoms with Gasteiger partial charge >= 0.3 is 6.36 Å². The highest BCUT2D eigenvalue weighted by atomic mass is 32.1. The zero-order valence-corrected chi connectivity index (χ0v) is 16.2. The molecule has 0 bridgehead atoms. The molecule has 152 valence electrons. The number of ether oxygens (including phenoxy) is 1. The van der Waals surface area contributed by atoms with Crippen LogP contribution in [0.15, 0.2) is 41.8 Å². The van der Waals surface area contributed by atoms with Gasteiger partial charge in [0.05, 0.1) is 6.04 Å². The molecule has 9 heteroatoms. The van der Waals surface area contributed by atoms with E-state index in [1.165, 1.54) is 29.1 Å². The number of nitrogens with zero attached hydrogens (tertiary/aromatic N) is 2. The quantitative estimate of drug-likeness (QED) is 0.783. The number of hydrogen-bond acceptors (Lipinski definition) is 5. The first-order valence-corrected chi connectivity index (χ1v) is 9.83. The van der Waals surface area contributed by atoms with Gasteiger partial charge in [-0.3, -0.25) is 14.6 Å². The van der Waals surface area contributed by atoms with Crippen molar-refractivity contribution < 1.29 is 22.7 Å². The lowest BCUT2D eigenvalue weighted by Gasteiger charge is -2.37. The number of carbonyl (C=O) groups is 1. The summed E-state index contributed by atoms with van der Waals surface area (Å²) < 4.78 is 40.4. The summed E-state index contributed by atoms with van der Waals surface area (Å²) in [5.74, 6) is -0.503. The zero-order valence-electron chi connectivity index (χ0n) is 15.4. The average Bonchev–Trinajstić information content (AvgIpc) is 3.15. The fourth-order valence-corrected chi connectivity index (χ4v) is 3.83. The van der Waals surface area contributed by atoms with E-state index in [4.69, 9.17) is 0 Å². The minimum Gasteiger partial charge on any atom is -0.406 e. The molecule has 1 amide bonds. The Morgan fingerprint density at radius 2 is 1.86 bits per heavy atom. The topological polar surface area (TPSA) is 44.8 Å². The van der Waals surface area contributed by atoms with Gasteiger partial charge in [-0.2, -0.15) is 0 Å². The number of thiophene rings is 1. The van der Waals surface area contributed by atoms with Crippen LogP contribution in [0.3, 0.4) is 0 Å². The summed E-state index contributed by atoms with van der Waals surface area (Å²) in [5.41, 5.74) is 0.433. The number of piperazine rings is 1. The second kappa shape index (κ2) is 8.93. The number of hydrogen-bond donors (Lipinski definition) is 1. The van der Waals surface area contributed by atoms with Gasteiger partial charge < -0.3 is 10.1 Å². The van der Waals surface area contributed by atoms with Crippen molar-refractivity contribution in [3.05, 3.63) is 46.7 Å². The van der Waals surface area contributed by atoms with Gasteiger partial charge in [0.1, 0.15) is 5.75 Å². The molecular weight excluding hydrogens is 391 g/mol. The van der Waals surface area contributed by atoms with Crippen LogP contribution in [-0.2, 0) is 11.3 Å². The van der Waals surface area contributed by atoms with E-state index in [0.717, 1.165) is 32.7 Å². The van der Waals surface area contributed by atoms with E-state index in [9.17, 15) is 18.0 Å². The van der Waals surface area contributed by atoms with Crippen LogP contribution < -0.4 is 10.1 Å². The van der Waals surface area contributed by atoms with Crippen LogP contribution in [0.4, 0.5) is 18.9 Å². The summed E-state index contributed by atoms with van der Waals surface area (Å²) in [6, 6.07) is 8.99. The Balaban J connectivity index is 1.47. The molecule has 0 saturated carbocycles. The van der Waals surface area contributed by atoms with Crippen LogP contribution in [-0.4, -0.2) is 54.3 Å². The van der Waals surface area contributed by atoms with E-state index < -0.39 is 6.36 Å². The van der Waals surface area contributed by atoms with Crippen molar-refractivity contribution in [1.29, 1.82) is 0 Å². The van der Waals surface area contributed by atoms with Crippen molar-refractivity contribution in [2.24, 2.45) is 0 Å². The van der Waals surface area contributed by atoms with E-state index in [1.54, 1.807) is 11.3 Å². The van der Waals surface area contributed by atoms with Crippen LogP contribution in [0, 0.1) is 0 Å². The maximum atomic E-state index is 12.5. The first-order valence-electron chi connectivity index (χ1n) is 8.95. The molecule has 28 heavy (non-hydrogen) atoms. The van der Waals surface area contributed by atoms with Crippen LogP contribution in [0.1, 0.15) is 11.8 Å². The highest BCUT2D eigenvalue weighted by molar-refractivity contribution is 7.09. The summed E-state index contributed by atoms with van der Waals surface area (Å²) in [7, 11) is 0. The van der Waals surface area contributed by atoms with E-state index in [2.05, 4.69) is 31.3 Å². The minimum atomic E-state index is -4.73. The van der Waals surface area contributed by atoms with Gasteiger partial charge in [0.2, 0.25) is 5.91 Å². The van der Waals surface area contributed by atoms with Crippen molar-refractivity contribution in [2.75, 3.05) is 31.5 Å². The zero-order chi connectivity index (χ0) is 20.1. The molecule has 1 N–H and O–H groups in total. The summed E-state index contributed by atoms with van der Waals surface area (Å²) in [4.78, 5) is 18.3. The third-order valence-corrected chi connectivity index (χ3v) is 5.51. The van der Waals surface area contributed by atoms with Crippen LogP contribution >= 0.6 is 11.3 Å². The molecule has 1 saturated heterocycles. The molecule has 0 radical (unpaired) electrons. The molecule has 0 aliphatic carbocycles. The standard InChI is InChI=1S/C19H22F3N3O2S/c1-14(25-10-8-24(9-11-25)13-17-3-2-12-28-17)18(26)23-15-4-6-16(7-5-15)27-19(20,21)22/h2-7,12,14H,8-11,13H2,1H3,(H,23,26)/t14-/m0/s1. The van der Waals surface area contributed by atoms with Gasteiger partial charge in [-0.15, -0.1) is 24.5 Å². The number of benzene rings is 1. The summed E-state index contributed by atoms with van der Waals surface area (Å²) in [5, 5.41) is 4.82. The van der Waals surface area contributed by atoms with Gasteiger partial charge in [-0.25, -0.2) is 0 Å². The largest absolute Gasteiger partial charge is 0.573 e. The van der Waals surface area contributed by atoms with Crippen molar-refractivity contribution in [3.8, 4) is 5.75 Å². The third kappa shape index (κ3) is 5.95. The monoisotopic (exact) mass is 413 g/mol. The predicted molar refractivity (Wildman–Crippen MR) is 102 cm³/mol. The summed E-state index contributed by atoms with van der Waals surface area (Å²) >= 11 is 1.74. The summed E-state index contributed by atoms with van der Waals surface area (Å²) in [6.45, 7) is 6.12. The predicted octanol–water partition coefficient (Wildman–Crippen LogP) is 3.79. The van der Waals surface area contributed by atoms with Crippen LogP contribution in [0.2, 0.25) is 0 Å². The van der Waals surface area contributed by atoms with Gasteiger partial charge in [-0.1, -0.05) is 6.07 Å². The van der Waals surface area contributed by atoms with Crippen molar-refractivity contribution >= 4 is 22.9 Å². The molecule has 1 aromatic carbocycles. The fraction of sp³-hybridized carbons (Fsp3) is 0.421. The Bertz CT molecular complexity index is 758. The Morgan fingerprint density at radius 3 is 2.43 bits per heavy atom. The molecule has 1 aromatic heterocycles. The molecule has 0 unspecified atom stereocenters. The smallest absolute Gasteiger partial charge is 0.406 e. The molecule has 2 heterocycles. The van der Waals surface area contributed by atoms with E-state index in [1.807, 2.05) is 13.0 Å². The number of nitrogens with one attached hydrogen (secondary N) is 1. The van der Waals surface area contributed by atoms with Gasteiger partial charge in [0.25, 0.3) is 0 Å². The Morgan fingerprint density at radius 1 is 1.18 bits per heavy atom. The van der Waals surface area contributed by atoms with Crippen LogP contribution in [0.5, 0.6) is 5.75 Å². The molecule has 1 aliphatic rings. The van der Waals surface area contributed by atoms with Crippen molar-refractivity contribution in [3.63, 3.8) is 0 Å². The third-order valence-electron chi connectivity index (χ3n) is 4.65. The second-order valence-electron chi connectivity index (χ2n) is 6.63. The lowest BCUT2D eigenvalue weighted by molar-refractivity contribution is -0.274. The second-order valence-corrected chi connectivity index (χ2v) is 7.66. The number of carbonyl (C=O) groups excluding carboxylic acids is 1. The molecule has 1 atom stereocenters. The van der Waals surface area contributed by atoms with E-state index >= 15 is 0 Å². The van der Waals surface area contributed by atoms with Crippen molar-refractivity contribution in [2.45, 2.75) is 25.9 Å². The Labute approximate surface area is 165 Å². The highest BCUT2D eigenvalue weighted by Crippen LogP contribution is 2.24. The lowest BCUT2D eigenvalue weighted by Crippen LogP contribution is -2.52. The number of alkyl halides is 3. The number of amides is 1. The highest BCUT2D eigenvalue weighted by Gasteiger charge is 2.31. The molecule has 1 fully saturated rings. The van der Waals surface area contributed by atoms with Gasteiger partial charge in [0, 0.05) is 43.3 Å². The van der Waals surface area contributed by atoms with E-state index in [-0.39, 0.29) is 17.7 Å². The van der Waals surface area contributed by atoms with Crippen LogP contribution in [0.25, 0.3) is 0 Å². The maximum Gasteiger partial charge on any atom is 0.573 e. The number of halogens is 3. The molecule has 3 rings (SSSR count). The molecule has 2 aromatic rings. The number of rotatable bonds is 6. The lowest BCUT2D eigenvalue weighted by atomic mass is 10.2. The Hall–Kier alpha value is -2.10. The van der Waals surface area contributed by atoms with Crippen molar-refractivity contribution in [1.82, 2.24) is 9.80 Å². The number of anilines is 1. The molecule has 0 spiro atoms. The first kappa shape index (κ1) is 20.6. The molecule has 5 nitrogen and oxygen atoms in total.